The average Bonchev–Trinajstić information content (AvgIpc) is 2.61. The number of benzene rings is 1. The van der Waals surface area contributed by atoms with Crippen LogP contribution in [0.3, 0.4) is 0 Å². The smallest absolute Gasteiger partial charge is 0.169 e. The zero-order chi connectivity index (χ0) is 15.5. The molecule has 21 heavy (non-hydrogen) atoms. The molecule has 1 aromatic carbocycles. The van der Waals surface area contributed by atoms with Gasteiger partial charge in [-0.15, -0.1) is 0 Å². The van der Waals surface area contributed by atoms with E-state index in [-0.39, 0.29) is 11.4 Å². The normalized spacial score (nSPS) is 27.4. The second kappa shape index (κ2) is 6.75. The lowest BCUT2D eigenvalue weighted by Gasteiger charge is -2.35. The highest BCUT2D eigenvalue weighted by Crippen LogP contribution is 2.25. The molecule has 2 atom stereocenters. The van der Waals surface area contributed by atoms with Crippen LogP contribution in [0, 0.1) is 5.82 Å². The molecule has 1 aromatic rings. The van der Waals surface area contributed by atoms with Crippen LogP contribution in [0.4, 0.5) is 4.39 Å². The molecule has 0 saturated carbocycles. The molecule has 0 bridgehead atoms. The summed E-state index contributed by atoms with van der Waals surface area (Å²) in [5, 5.41) is 3.63. The van der Waals surface area contributed by atoms with E-state index < -0.39 is 0 Å². The number of nitrogens with one attached hydrogen (secondary N) is 1. The number of methoxy groups -OCH3 is 1. The summed E-state index contributed by atoms with van der Waals surface area (Å²) in [5.74, 6) is 0.0916. The third kappa shape index (κ3) is 3.74. The molecule has 2 rings (SSSR count). The van der Waals surface area contributed by atoms with E-state index in [9.17, 15) is 4.39 Å². The first-order chi connectivity index (χ1) is 9.99. The van der Waals surface area contributed by atoms with Crippen molar-refractivity contribution >= 4 is 0 Å². The lowest BCUT2D eigenvalue weighted by atomic mass is 9.98. The van der Waals surface area contributed by atoms with E-state index in [1.807, 2.05) is 12.1 Å². The van der Waals surface area contributed by atoms with Gasteiger partial charge in [-0.3, -0.25) is 4.90 Å². The van der Waals surface area contributed by atoms with Crippen LogP contribution >= 0.6 is 0 Å². The lowest BCUT2D eigenvalue weighted by Crippen LogP contribution is -2.49. The summed E-state index contributed by atoms with van der Waals surface area (Å²) in [6.45, 7) is 9.25. The summed E-state index contributed by atoms with van der Waals surface area (Å²) in [7, 11) is 1.51. The third-order valence-corrected chi connectivity index (χ3v) is 4.71. The summed E-state index contributed by atoms with van der Waals surface area (Å²) in [6.07, 6.45) is 2.15. The van der Waals surface area contributed by atoms with Crippen LogP contribution in [0.5, 0.6) is 5.75 Å². The first-order valence-electron chi connectivity index (χ1n) is 7.79. The molecule has 118 valence electrons. The van der Waals surface area contributed by atoms with Gasteiger partial charge < -0.3 is 10.1 Å². The van der Waals surface area contributed by atoms with Gasteiger partial charge in [0.05, 0.1) is 7.11 Å². The van der Waals surface area contributed by atoms with E-state index in [0.717, 1.165) is 25.9 Å². The van der Waals surface area contributed by atoms with Gasteiger partial charge in [0.25, 0.3) is 0 Å². The Morgan fingerprint density at radius 2 is 2.24 bits per heavy atom. The minimum absolute atomic E-state index is 0.0973. The van der Waals surface area contributed by atoms with Gasteiger partial charge in [-0.1, -0.05) is 19.1 Å². The van der Waals surface area contributed by atoms with Crippen molar-refractivity contribution in [2.75, 3.05) is 20.2 Å². The van der Waals surface area contributed by atoms with Gasteiger partial charge in [0, 0.05) is 30.2 Å². The first kappa shape index (κ1) is 16.2. The average molecular weight is 294 g/mol. The van der Waals surface area contributed by atoms with Crippen LogP contribution in [0.1, 0.15) is 39.2 Å². The SMILES string of the molecule is CCC1(C)CN(Cc2cccc(OC)c2F)C(C)CCN1. The van der Waals surface area contributed by atoms with Crippen molar-refractivity contribution in [3.05, 3.63) is 29.6 Å². The molecular formula is C17H27FN2O. The van der Waals surface area contributed by atoms with E-state index in [1.54, 1.807) is 6.07 Å². The molecule has 0 amide bonds. The number of hydrogen-bond acceptors (Lipinski definition) is 3. The fourth-order valence-electron chi connectivity index (χ4n) is 2.93. The molecule has 1 N–H and O–H groups in total. The van der Waals surface area contributed by atoms with E-state index in [4.69, 9.17) is 4.74 Å². The number of hydrogen-bond donors (Lipinski definition) is 1. The standard InChI is InChI=1S/C17H27FN2O/c1-5-17(3)12-20(13(2)9-10-19-17)11-14-7-6-8-15(21-4)16(14)18/h6-8,13,19H,5,9-12H2,1-4H3. The van der Waals surface area contributed by atoms with Crippen molar-refractivity contribution in [3.8, 4) is 5.75 Å². The topological polar surface area (TPSA) is 24.5 Å². The van der Waals surface area contributed by atoms with Crippen LogP contribution in [0.25, 0.3) is 0 Å². The Morgan fingerprint density at radius 3 is 2.90 bits per heavy atom. The molecule has 0 radical (unpaired) electrons. The number of halogens is 1. The Bertz CT molecular complexity index is 480. The highest BCUT2D eigenvalue weighted by atomic mass is 19.1. The van der Waals surface area contributed by atoms with Crippen LogP contribution in [0.2, 0.25) is 0 Å². The molecule has 2 unspecified atom stereocenters. The highest BCUT2D eigenvalue weighted by Gasteiger charge is 2.30. The number of ether oxygens (including phenoxy) is 1. The fourth-order valence-corrected chi connectivity index (χ4v) is 2.93. The van der Waals surface area contributed by atoms with Crippen LogP contribution in [0.15, 0.2) is 18.2 Å². The van der Waals surface area contributed by atoms with E-state index in [1.165, 1.54) is 7.11 Å². The Balaban J connectivity index is 2.20. The van der Waals surface area contributed by atoms with Crippen LogP contribution in [-0.4, -0.2) is 36.7 Å². The van der Waals surface area contributed by atoms with Crippen molar-refractivity contribution in [3.63, 3.8) is 0 Å². The van der Waals surface area contributed by atoms with Gasteiger partial charge in [0.1, 0.15) is 0 Å². The maximum atomic E-state index is 14.4. The maximum absolute atomic E-state index is 14.4. The molecule has 1 fully saturated rings. The Labute approximate surface area is 127 Å². The predicted molar refractivity (Wildman–Crippen MR) is 84.1 cm³/mol. The molecule has 1 aliphatic rings. The lowest BCUT2D eigenvalue weighted by molar-refractivity contribution is 0.161. The fraction of sp³-hybridized carbons (Fsp3) is 0.647. The van der Waals surface area contributed by atoms with Crippen LogP contribution in [-0.2, 0) is 6.54 Å². The van der Waals surface area contributed by atoms with Crippen molar-refractivity contribution in [1.82, 2.24) is 10.2 Å². The predicted octanol–water partition coefficient (Wildman–Crippen LogP) is 3.19. The minimum Gasteiger partial charge on any atom is -0.494 e. The monoisotopic (exact) mass is 294 g/mol. The van der Waals surface area contributed by atoms with Crippen molar-refractivity contribution in [1.29, 1.82) is 0 Å². The summed E-state index contributed by atoms with van der Waals surface area (Å²) < 4.78 is 19.4. The summed E-state index contributed by atoms with van der Waals surface area (Å²) in [6, 6.07) is 5.82. The molecule has 0 aromatic heterocycles. The van der Waals surface area contributed by atoms with Crippen molar-refractivity contribution in [2.45, 2.75) is 51.7 Å². The Morgan fingerprint density at radius 1 is 1.48 bits per heavy atom. The minimum atomic E-state index is -0.234. The van der Waals surface area contributed by atoms with Gasteiger partial charge in [-0.05, 0) is 39.3 Å². The summed E-state index contributed by atoms with van der Waals surface area (Å²) in [4.78, 5) is 2.38. The van der Waals surface area contributed by atoms with Crippen LogP contribution < -0.4 is 10.1 Å². The van der Waals surface area contributed by atoms with E-state index in [2.05, 4.69) is 31.0 Å². The second-order valence-corrected chi connectivity index (χ2v) is 6.32. The Kier molecular flexibility index (Phi) is 5.22. The molecule has 0 spiro atoms. The number of rotatable bonds is 4. The van der Waals surface area contributed by atoms with E-state index >= 15 is 0 Å². The molecule has 0 aliphatic carbocycles. The third-order valence-electron chi connectivity index (χ3n) is 4.71. The summed E-state index contributed by atoms with van der Waals surface area (Å²) in [5.41, 5.74) is 0.807. The van der Waals surface area contributed by atoms with Gasteiger partial charge in [-0.2, -0.15) is 0 Å². The maximum Gasteiger partial charge on any atom is 0.169 e. The van der Waals surface area contributed by atoms with Crippen molar-refractivity contribution in [2.24, 2.45) is 0 Å². The molecule has 1 saturated heterocycles. The van der Waals surface area contributed by atoms with Gasteiger partial charge >= 0.3 is 0 Å². The highest BCUT2D eigenvalue weighted by molar-refractivity contribution is 5.31. The van der Waals surface area contributed by atoms with E-state index in [0.29, 0.717) is 23.9 Å². The number of nitrogens with zero attached hydrogens (tertiary/aromatic N) is 1. The quantitative estimate of drug-likeness (QED) is 0.923. The second-order valence-electron chi connectivity index (χ2n) is 6.32. The molecule has 3 nitrogen and oxygen atoms in total. The Hall–Kier alpha value is -1.13. The zero-order valence-electron chi connectivity index (χ0n) is 13.6. The van der Waals surface area contributed by atoms with Gasteiger partial charge in [-0.25, -0.2) is 4.39 Å². The molecule has 1 heterocycles. The van der Waals surface area contributed by atoms with Crippen molar-refractivity contribution < 1.29 is 9.13 Å². The van der Waals surface area contributed by atoms with Gasteiger partial charge in [0.2, 0.25) is 0 Å². The van der Waals surface area contributed by atoms with Gasteiger partial charge in [0.15, 0.2) is 11.6 Å². The summed E-state index contributed by atoms with van der Waals surface area (Å²) >= 11 is 0. The molecule has 4 heteroatoms. The molecular weight excluding hydrogens is 267 g/mol. The largest absolute Gasteiger partial charge is 0.494 e. The zero-order valence-corrected chi connectivity index (χ0v) is 13.6. The molecule has 1 aliphatic heterocycles. The first-order valence-corrected chi connectivity index (χ1v) is 7.79.